The molecular weight excluding hydrogens is 240 g/mol. The van der Waals surface area contributed by atoms with Crippen molar-refractivity contribution in [2.45, 2.75) is 32.7 Å². The number of nitrogens with one attached hydrogen (secondary N) is 1. The Labute approximate surface area is 115 Å². The summed E-state index contributed by atoms with van der Waals surface area (Å²) in [6, 6.07) is 2.62. The van der Waals surface area contributed by atoms with Crippen molar-refractivity contribution in [3.63, 3.8) is 0 Å². The second-order valence-corrected chi connectivity index (χ2v) is 5.15. The molecule has 2 rings (SSSR count). The molecule has 1 atom stereocenters. The zero-order chi connectivity index (χ0) is 13.7. The predicted molar refractivity (Wildman–Crippen MR) is 76.6 cm³/mol. The number of hydrogen-bond acceptors (Lipinski definition) is 5. The van der Waals surface area contributed by atoms with Gasteiger partial charge in [-0.15, -0.1) is 0 Å². The van der Waals surface area contributed by atoms with Crippen LogP contribution in [-0.4, -0.2) is 49.4 Å². The smallest absolute Gasteiger partial charge is 0.132 e. The lowest BCUT2D eigenvalue weighted by Crippen LogP contribution is -2.39. The molecule has 5 heteroatoms. The van der Waals surface area contributed by atoms with Gasteiger partial charge < -0.3 is 15.0 Å². The van der Waals surface area contributed by atoms with Crippen molar-refractivity contribution in [2.24, 2.45) is 0 Å². The van der Waals surface area contributed by atoms with Crippen LogP contribution in [0.15, 0.2) is 6.07 Å². The van der Waals surface area contributed by atoms with Crippen LogP contribution in [-0.2, 0) is 4.74 Å². The van der Waals surface area contributed by atoms with Crippen LogP contribution in [0.3, 0.4) is 0 Å². The molecule has 106 valence electrons. The Kier molecular flexibility index (Phi) is 5.10. The summed E-state index contributed by atoms with van der Waals surface area (Å²) in [6.07, 6.45) is 2.51. The molecule has 19 heavy (non-hydrogen) atoms. The molecule has 1 aromatic rings. The molecule has 1 aliphatic heterocycles. The minimum absolute atomic E-state index is 0.562. The summed E-state index contributed by atoms with van der Waals surface area (Å²) in [4.78, 5) is 11.2. The van der Waals surface area contributed by atoms with Crippen LogP contribution in [0.5, 0.6) is 0 Å². The van der Waals surface area contributed by atoms with E-state index < -0.39 is 0 Å². The van der Waals surface area contributed by atoms with Crippen molar-refractivity contribution >= 4 is 5.82 Å². The SMILES string of the molecule is COCCN(CC1CCCN1)c1cc(C)nc(C)n1. The van der Waals surface area contributed by atoms with Gasteiger partial charge in [-0.1, -0.05) is 0 Å². The van der Waals surface area contributed by atoms with Gasteiger partial charge in [-0.2, -0.15) is 0 Å². The van der Waals surface area contributed by atoms with Crippen molar-refractivity contribution in [2.75, 3.05) is 38.3 Å². The zero-order valence-corrected chi connectivity index (χ0v) is 12.1. The maximum atomic E-state index is 5.21. The second-order valence-electron chi connectivity index (χ2n) is 5.15. The molecule has 0 amide bonds. The highest BCUT2D eigenvalue weighted by atomic mass is 16.5. The van der Waals surface area contributed by atoms with Crippen molar-refractivity contribution < 1.29 is 4.74 Å². The third kappa shape index (κ3) is 4.14. The van der Waals surface area contributed by atoms with Crippen LogP contribution < -0.4 is 10.2 Å². The van der Waals surface area contributed by atoms with Crippen LogP contribution in [0.2, 0.25) is 0 Å². The monoisotopic (exact) mass is 264 g/mol. The molecule has 0 saturated carbocycles. The van der Waals surface area contributed by atoms with E-state index in [1.807, 2.05) is 13.8 Å². The quantitative estimate of drug-likeness (QED) is 0.839. The van der Waals surface area contributed by atoms with Gasteiger partial charge in [0.05, 0.1) is 6.61 Å². The number of rotatable bonds is 6. The van der Waals surface area contributed by atoms with E-state index in [1.54, 1.807) is 7.11 Å². The summed E-state index contributed by atoms with van der Waals surface area (Å²) < 4.78 is 5.21. The molecule has 1 aliphatic rings. The molecule has 0 bridgehead atoms. The summed E-state index contributed by atoms with van der Waals surface area (Å²) in [5.41, 5.74) is 1.02. The summed E-state index contributed by atoms with van der Waals surface area (Å²) in [6.45, 7) is 7.66. The molecule has 0 radical (unpaired) electrons. The van der Waals surface area contributed by atoms with Crippen LogP contribution >= 0.6 is 0 Å². The van der Waals surface area contributed by atoms with Gasteiger partial charge in [0.2, 0.25) is 0 Å². The Hall–Kier alpha value is -1.20. The maximum absolute atomic E-state index is 5.21. The Bertz CT molecular complexity index is 384. The van der Waals surface area contributed by atoms with E-state index in [0.29, 0.717) is 6.04 Å². The molecular formula is C14H24N4O. The first-order chi connectivity index (χ1) is 9.19. The Morgan fingerprint density at radius 3 is 2.89 bits per heavy atom. The van der Waals surface area contributed by atoms with E-state index in [0.717, 1.165) is 43.6 Å². The molecule has 1 aromatic heterocycles. The lowest BCUT2D eigenvalue weighted by Gasteiger charge is -2.27. The van der Waals surface area contributed by atoms with E-state index >= 15 is 0 Å². The Morgan fingerprint density at radius 2 is 2.26 bits per heavy atom. The summed E-state index contributed by atoms with van der Waals surface area (Å²) in [5, 5.41) is 3.54. The number of methoxy groups -OCH3 is 1. The third-order valence-corrected chi connectivity index (χ3v) is 3.44. The predicted octanol–water partition coefficient (Wildman–Crippen LogP) is 1.30. The molecule has 1 N–H and O–H groups in total. The minimum atomic E-state index is 0.562. The van der Waals surface area contributed by atoms with Gasteiger partial charge in [0.15, 0.2) is 0 Å². The minimum Gasteiger partial charge on any atom is -0.383 e. The first-order valence-corrected chi connectivity index (χ1v) is 6.98. The van der Waals surface area contributed by atoms with Gasteiger partial charge >= 0.3 is 0 Å². The zero-order valence-electron chi connectivity index (χ0n) is 12.1. The van der Waals surface area contributed by atoms with Crippen molar-refractivity contribution in [1.29, 1.82) is 0 Å². The van der Waals surface area contributed by atoms with Gasteiger partial charge in [0.1, 0.15) is 11.6 Å². The fourth-order valence-electron chi connectivity index (χ4n) is 2.54. The molecule has 0 spiro atoms. The van der Waals surface area contributed by atoms with Crippen molar-refractivity contribution in [1.82, 2.24) is 15.3 Å². The van der Waals surface area contributed by atoms with Gasteiger partial charge in [0.25, 0.3) is 0 Å². The molecule has 5 nitrogen and oxygen atoms in total. The topological polar surface area (TPSA) is 50.3 Å². The number of hydrogen-bond donors (Lipinski definition) is 1. The number of ether oxygens (including phenoxy) is 1. The standard InChI is InChI=1S/C14H24N4O/c1-11-9-14(17-12(2)16-11)18(7-8-19-3)10-13-5-4-6-15-13/h9,13,15H,4-8,10H2,1-3H3. The first kappa shape index (κ1) is 14.2. The highest BCUT2D eigenvalue weighted by Gasteiger charge is 2.19. The fourth-order valence-corrected chi connectivity index (χ4v) is 2.54. The first-order valence-electron chi connectivity index (χ1n) is 6.98. The second kappa shape index (κ2) is 6.82. The highest BCUT2D eigenvalue weighted by molar-refractivity contribution is 5.40. The number of aromatic nitrogens is 2. The number of nitrogens with zero attached hydrogens (tertiary/aromatic N) is 3. The van der Waals surface area contributed by atoms with E-state index in [-0.39, 0.29) is 0 Å². The van der Waals surface area contributed by atoms with Crippen molar-refractivity contribution in [3.05, 3.63) is 17.6 Å². The van der Waals surface area contributed by atoms with Gasteiger partial charge in [-0.25, -0.2) is 9.97 Å². The molecule has 2 heterocycles. The molecule has 1 unspecified atom stereocenters. The summed E-state index contributed by atoms with van der Waals surface area (Å²) in [7, 11) is 1.74. The fraction of sp³-hybridized carbons (Fsp3) is 0.714. The number of aryl methyl sites for hydroxylation is 2. The Balaban J connectivity index is 2.10. The van der Waals surface area contributed by atoms with Crippen LogP contribution in [0, 0.1) is 13.8 Å². The van der Waals surface area contributed by atoms with Gasteiger partial charge in [-0.05, 0) is 33.2 Å². The van der Waals surface area contributed by atoms with Crippen LogP contribution in [0.4, 0.5) is 5.82 Å². The lowest BCUT2D eigenvalue weighted by molar-refractivity contribution is 0.204. The largest absolute Gasteiger partial charge is 0.383 e. The van der Waals surface area contributed by atoms with E-state index in [2.05, 4.69) is 26.3 Å². The average molecular weight is 264 g/mol. The van der Waals surface area contributed by atoms with Gasteiger partial charge in [-0.3, -0.25) is 0 Å². The van der Waals surface area contributed by atoms with Crippen molar-refractivity contribution in [3.8, 4) is 0 Å². The Morgan fingerprint density at radius 1 is 1.42 bits per heavy atom. The van der Waals surface area contributed by atoms with E-state index in [4.69, 9.17) is 4.74 Å². The maximum Gasteiger partial charge on any atom is 0.132 e. The van der Waals surface area contributed by atoms with Crippen LogP contribution in [0.1, 0.15) is 24.4 Å². The normalized spacial score (nSPS) is 18.8. The summed E-state index contributed by atoms with van der Waals surface area (Å²) >= 11 is 0. The molecule has 1 saturated heterocycles. The average Bonchev–Trinajstić information content (AvgIpc) is 2.86. The summed E-state index contributed by atoms with van der Waals surface area (Å²) in [5.74, 6) is 1.84. The van der Waals surface area contributed by atoms with Gasteiger partial charge in [0, 0.05) is 38.0 Å². The molecule has 0 aliphatic carbocycles. The van der Waals surface area contributed by atoms with E-state index in [1.165, 1.54) is 12.8 Å². The lowest BCUT2D eigenvalue weighted by atomic mass is 10.2. The highest BCUT2D eigenvalue weighted by Crippen LogP contribution is 2.15. The number of anilines is 1. The van der Waals surface area contributed by atoms with E-state index in [9.17, 15) is 0 Å². The van der Waals surface area contributed by atoms with Crippen LogP contribution in [0.25, 0.3) is 0 Å². The third-order valence-electron chi connectivity index (χ3n) is 3.44. The molecule has 0 aromatic carbocycles. The molecule has 1 fully saturated rings.